The molecule has 2 aliphatic rings. The van der Waals surface area contributed by atoms with Gasteiger partial charge in [0, 0.05) is 37.4 Å². The van der Waals surface area contributed by atoms with Gasteiger partial charge in [-0.2, -0.15) is 4.31 Å². The number of hydrogen-bond donors (Lipinski definition) is 1. The maximum absolute atomic E-state index is 12.9. The fourth-order valence-electron chi connectivity index (χ4n) is 4.30. The highest BCUT2D eigenvalue weighted by molar-refractivity contribution is 7.89. The van der Waals surface area contributed by atoms with Crippen LogP contribution in [0.15, 0.2) is 53.4 Å². The average Bonchev–Trinajstić information content (AvgIpc) is 3.20. The summed E-state index contributed by atoms with van der Waals surface area (Å²) in [6.45, 7) is 3.23. The van der Waals surface area contributed by atoms with Gasteiger partial charge in [-0.25, -0.2) is 8.42 Å². The van der Waals surface area contributed by atoms with Gasteiger partial charge in [-0.05, 0) is 62.1 Å². The molecule has 7 nitrogen and oxygen atoms in total. The first-order chi connectivity index (χ1) is 14.9. The number of nitrogens with zero attached hydrogens (tertiary/aromatic N) is 2. The van der Waals surface area contributed by atoms with E-state index in [0.717, 1.165) is 24.2 Å². The molecule has 164 valence electrons. The first-order valence-corrected chi connectivity index (χ1v) is 12.1. The van der Waals surface area contributed by atoms with E-state index in [1.165, 1.54) is 4.31 Å². The zero-order chi connectivity index (χ0) is 22.0. The molecule has 2 aliphatic heterocycles. The van der Waals surface area contributed by atoms with E-state index in [0.29, 0.717) is 31.5 Å². The van der Waals surface area contributed by atoms with Gasteiger partial charge in [-0.15, -0.1) is 0 Å². The van der Waals surface area contributed by atoms with Crippen molar-refractivity contribution in [2.24, 2.45) is 5.92 Å². The van der Waals surface area contributed by atoms with Gasteiger partial charge in [0.15, 0.2) is 0 Å². The molecule has 0 aromatic heterocycles. The number of aryl methyl sites for hydroxylation is 1. The standard InChI is InChI=1S/C23H27N3O4S/c1-17-15-19(11-12-21(17)26-14-6-10-22(26)27)24-23(28)18-7-5-13-25(16-18)31(29,30)20-8-3-2-4-9-20/h2-4,8-9,11-12,15,18H,5-7,10,13-14,16H2,1H3,(H,24,28)/t18-/m1/s1. The van der Waals surface area contributed by atoms with Gasteiger partial charge in [-0.3, -0.25) is 9.59 Å². The Labute approximate surface area is 183 Å². The molecule has 0 unspecified atom stereocenters. The van der Waals surface area contributed by atoms with Crippen molar-refractivity contribution in [1.29, 1.82) is 0 Å². The van der Waals surface area contributed by atoms with Crippen molar-refractivity contribution < 1.29 is 18.0 Å². The quantitative estimate of drug-likeness (QED) is 0.772. The van der Waals surface area contributed by atoms with Crippen molar-refractivity contribution in [2.75, 3.05) is 29.9 Å². The van der Waals surface area contributed by atoms with E-state index < -0.39 is 15.9 Å². The lowest BCUT2D eigenvalue weighted by Gasteiger charge is -2.31. The maximum Gasteiger partial charge on any atom is 0.243 e. The van der Waals surface area contributed by atoms with Crippen LogP contribution in [0.2, 0.25) is 0 Å². The zero-order valence-corrected chi connectivity index (χ0v) is 18.4. The van der Waals surface area contributed by atoms with Gasteiger partial charge in [0.25, 0.3) is 0 Å². The van der Waals surface area contributed by atoms with E-state index >= 15 is 0 Å². The lowest BCUT2D eigenvalue weighted by atomic mass is 9.98. The van der Waals surface area contributed by atoms with Crippen LogP contribution >= 0.6 is 0 Å². The second-order valence-corrected chi connectivity index (χ2v) is 10.1. The number of carbonyl (C=O) groups is 2. The molecule has 2 aromatic rings. The highest BCUT2D eigenvalue weighted by atomic mass is 32.2. The molecule has 0 spiro atoms. The zero-order valence-electron chi connectivity index (χ0n) is 17.6. The minimum absolute atomic E-state index is 0.127. The van der Waals surface area contributed by atoms with Crippen molar-refractivity contribution in [3.8, 4) is 0 Å². The molecule has 31 heavy (non-hydrogen) atoms. The Bertz CT molecular complexity index is 1090. The largest absolute Gasteiger partial charge is 0.326 e. The summed E-state index contributed by atoms with van der Waals surface area (Å²) < 4.78 is 27.2. The first kappa shape index (κ1) is 21.5. The maximum atomic E-state index is 12.9. The van der Waals surface area contributed by atoms with Gasteiger partial charge >= 0.3 is 0 Å². The molecule has 2 aromatic carbocycles. The van der Waals surface area contributed by atoms with Crippen LogP contribution in [-0.4, -0.2) is 44.2 Å². The molecule has 4 rings (SSSR count). The number of rotatable bonds is 5. The number of carbonyl (C=O) groups excluding carboxylic acids is 2. The highest BCUT2D eigenvalue weighted by Crippen LogP contribution is 2.29. The Kier molecular flexibility index (Phi) is 6.11. The number of nitrogens with one attached hydrogen (secondary N) is 1. The van der Waals surface area contributed by atoms with Gasteiger partial charge in [0.1, 0.15) is 0 Å². The monoisotopic (exact) mass is 441 g/mol. The Hall–Kier alpha value is -2.71. The molecule has 2 heterocycles. The third kappa shape index (κ3) is 4.50. The summed E-state index contributed by atoms with van der Waals surface area (Å²) >= 11 is 0. The van der Waals surface area contributed by atoms with Gasteiger partial charge in [0.05, 0.1) is 10.8 Å². The van der Waals surface area contributed by atoms with Crippen molar-refractivity contribution in [3.05, 3.63) is 54.1 Å². The third-order valence-corrected chi connectivity index (χ3v) is 7.84. The lowest BCUT2D eigenvalue weighted by molar-refractivity contribution is -0.121. The van der Waals surface area contributed by atoms with Crippen LogP contribution in [0, 0.1) is 12.8 Å². The molecular formula is C23H27N3O4S. The van der Waals surface area contributed by atoms with E-state index in [-0.39, 0.29) is 23.3 Å². The second kappa shape index (κ2) is 8.80. The molecule has 2 fully saturated rings. The number of anilines is 2. The molecule has 0 saturated carbocycles. The average molecular weight is 442 g/mol. The molecule has 2 saturated heterocycles. The van der Waals surface area contributed by atoms with Crippen LogP contribution in [0.3, 0.4) is 0 Å². The smallest absolute Gasteiger partial charge is 0.243 e. The number of sulfonamides is 1. The minimum Gasteiger partial charge on any atom is -0.326 e. The van der Waals surface area contributed by atoms with Gasteiger partial charge in [-0.1, -0.05) is 18.2 Å². The fourth-order valence-corrected chi connectivity index (χ4v) is 5.84. The minimum atomic E-state index is -3.61. The summed E-state index contributed by atoms with van der Waals surface area (Å²) in [6.07, 6.45) is 2.72. The summed E-state index contributed by atoms with van der Waals surface area (Å²) in [6, 6.07) is 13.8. The SMILES string of the molecule is Cc1cc(NC(=O)[C@@H]2CCCN(S(=O)(=O)c3ccccc3)C2)ccc1N1CCCC1=O. The predicted molar refractivity (Wildman–Crippen MR) is 119 cm³/mol. The van der Waals surface area contributed by atoms with Crippen molar-refractivity contribution in [1.82, 2.24) is 4.31 Å². The topological polar surface area (TPSA) is 86.8 Å². The number of piperidine rings is 1. The van der Waals surface area contributed by atoms with Gasteiger partial charge < -0.3 is 10.2 Å². The van der Waals surface area contributed by atoms with E-state index in [9.17, 15) is 18.0 Å². The molecule has 0 aliphatic carbocycles. The predicted octanol–water partition coefficient (Wildman–Crippen LogP) is 3.16. The number of hydrogen-bond acceptors (Lipinski definition) is 4. The lowest BCUT2D eigenvalue weighted by Crippen LogP contribution is -2.43. The summed E-state index contributed by atoms with van der Waals surface area (Å²) in [7, 11) is -3.61. The van der Waals surface area contributed by atoms with Crippen molar-refractivity contribution in [2.45, 2.75) is 37.5 Å². The van der Waals surface area contributed by atoms with Crippen LogP contribution in [0.1, 0.15) is 31.2 Å². The Morgan fingerprint density at radius 1 is 1.06 bits per heavy atom. The van der Waals surface area contributed by atoms with Crippen LogP contribution in [0.4, 0.5) is 11.4 Å². The van der Waals surface area contributed by atoms with Crippen LogP contribution in [0.25, 0.3) is 0 Å². The van der Waals surface area contributed by atoms with Crippen LogP contribution < -0.4 is 10.2 Å². The molecule has 1 N–H and O–H groups in total. The fraction of sp³-hybridized carbons (Fsp3) is 0.391. The Balaban J connectivity index is 1.44. The molecular weight excluding hydrogens is 414 g/mol. The normalized spacial score (nSPS) is 20.1. The molecule has 1 atom stereocenters. The van der Waals surface area contributed by atoms with E-state index in [2.05, 4.69) is 5.32 Å². The number of amides is 2. The summed E-state index contributed by atoms with van der Waals surface area (Å²) in [5, 5.41) is 2.93. The molecule has 2 amide bonds. The molecule has 0 radical (unpaired) electrons. The Morgan fingerprint density at radius 3 is 2.52 bits per heavy atom. The number of benzene rings is 2. The van der Waals surface area contributed by atoms with E-state index in [4.69, 9.17) is 0 Å². The first-order valence-electron chi connectivity index (χ1n) is 10.6. The van der Waals surface area contributed by atoms with Crippen LogP contribution in [-0.2, 0) is 19.6 Å². The van der Waals surface area contributed by atoms with Crippen molar-refractivity contribution >= 4 is 33.2 Å². The second-order valence-electron chi connectivity index (χ2n) is 8.15. The molecule has 0 bridgehead atoms. The van der Waals surface area contributed by atoms with E-state index in [1.807, 2.05) is 19.1 Å². The summed E-state index contributed by atoms with van der Waals surface area (Å²) in [5.41, 5.74) is 2.45. The highest BCUT2D eigenvalue weighted by Gasteiger charge is 2.33. The Morgan fingerprint density at radius 2 is 1.84 bits per heavy atom. The van der Waals surface area contributed by atoms with Gasteiger partial charge in [0.2, 0.25) is 21.8 Å². The molecule has 8 heteroatoms. The summed E-state index contributed by atoms with van der Waals surface area (Å²) in [5.74, 6) is -0.466. The van der Waals surface area contributed by atoms with E-state index in [1.54, 1.807) is 41.3 Å². The third-order valence-electron chi connectivity index (χ3n) is 5.96. The van der Waals surface area contributed by atoms with Crippen LogP contribution in [0.5, 0.6) is 0 Å². The summed E-state index contributed by atoms with van der Waals surface area (Å²) in [4.78, 5) is 26.9. The van der Waals surface area contributed by atoms with Crippen molar-refractivity contribution in [3.63, 3.8) is 0 Å².